The molecule has 0 heterocycles. The second kappa shape index (κ2) is 8.20. The van der Waals surface area contributed by atoms with E-state index in [4.69, 9.17) is 0 Å². The van der Waals surface area contributed by atoms with E-state index in [1.54, 1.807) is 23.9 Å². The lowest BCUT2D eigenvalue weighted by Crippen LogP contribution is -2.24. The Labute approximate surface area is 136 Å². The zero-order valence-electron chi connectivity index (χ0n) is 11.3. The molecule has 0 unspecified atom stereocenters. The second-order valence-electron chi connectivity index (χ2n) is 4.53. The minimum absolute atomic E-state index is 0.0145. The number of nitrogens with one attached hydrogen (secondary N) is 1. The number of hydrogen-bond acceptors (Lipinski definition) is 2. The predicted molar refractivity (Wildman–Crippen MR) is 88.6 cm³/mol. The smallest absolute Gasteiger partial charge is 0.230 e. The van der Waals surface area contributed by atoms with E-state index in [1.807, 2.05) is 24.3 Å². The summed E-state index contributed by atoms with van der Waals surface area (Å²) >= 11 is 4.99. The third kappa shape index (κ3) is 5.89. The molecule has 2 aromatic rings. The molecule has 21 heavy (non-hydrogen) atoms. The van der Waals surface area contributed by atoms with Crippen LogP contribution in [-0.4, -0.2) is 11.7 Å². The van der Waals surface area contributed by atoms with Crippen molar-refractivity contribution in [1.29, 1.82) is 0 Å². The average molecular weight is 368 g/mol. The molecule has 0 atom stereocenters. The Hall–Kier alpha value is -1.33. The number of amides is 1. The Morgan fingerprint density at radius 3 is 2.62 bits per heavy atom. The Bertz CT molecular complexity index is 603. The molecule has 0 saturated carbocycles. The zero-order chi connectivity index (χ0) is 15.1. The van der Waals surface area contributed by atoms with Gasteiger partial charge in [0.2, 0.25) is 5.91 Å². The number of carbonyl (C=O) groups is 1. The van der Waals surface area contributed by atoms with Gasteiger partial charge in [0.15, 0.2) is 0 Å². The highest BCUT2D eigenvalue weighted by Gasteiger charge is 2.03. The van der Waals surface area contributed by atoms with E-state index in [-0.39, 0.29) is 11.7 Å². The summed E-state index contributed by atoms with van der Waals surface area (Å²) in [5.74, 6) is 0.922. The van der Waals surface area contributed by atoms with E-state index in [0.717, 1.165) is 15.8 Å². The number of halogens is 2. The fourth-order valence-electron chi connectivity index (χ4n) is 1.74. The molecule has 1 N–H and O–H groups in total. The predicted octanol–water partition coefficient (Wildman–Crippen LogP) is 4.14. The second-order valence-corrected chi connectivity index (χ2v) is 6.43. The van der Waals surface area contributed by atoms with Gasteiger partial charge in [0.05, 0.1) is 5.75 Å². The third-order valence-corrected chi connectivity index (χ3v) is 4.29. The molecule has 0 radical (unpaired) electrons. The van der Waals surface area contributed by atoms with Gasteiger partial charge in [-0.05, 0) is 35.4 Å². The fraction of sp³-hybridized carbons (Fsp3) is 0.188. The molecule has 110 valence electrons. The molecule has 2 nitrogen and oxygen atoms in total. The molecule has 0 fully saturated rings. The largest absolute Gasteiger partial charge is 0.351 e. The van der Waals surface area contributed by atoms with E-state index in [1.165, 1.54) is 17.7 Å². The maximum Gasteiger partial charge on any atom is 0.230 e. The lowest BCUT2D eigenvalue weighted by molar-refractivity contribution is -0.118. The Morgan fingerprint density at radius 2 is 1.90 bits per heavy atom. The van der Waals surface area contributed by atoms with Gasteiger partial charge in [-0.25, -0.2) is 4.39 Å². The minimum atomic E-state index is -0.269. The van der Waals surface area contributed by atoms with Crippen LogP contribution in [0, 0.1) is 5.82 Å². The molecule has 0 aliphatic heterocycles. The van der Waals surface area contributed by atoms with Crippen molar-refractivity contribution in [3.05, 3.63) is 69.9 Å². The number of thioether (sulfide) groups is 1. The van der Waals surface area contributed by atoms with Crippen LogP contribution in [-0.2, 0) is 17.1 Å². The number of rotatable bonds is 6. The van der Waals surface area contributed by atoms with Crippen LogP contribution in [0.1, 0.15) is 11.1 Å². The number of carbonyl (C=O) groups excluding carboxylic acids is 1. The lowest BCUT2D eigenvalue weighted by Gasteiger charge is -2.06. The van der Waals surface area contributed by atoms with Gasteiger partial charge in [0.1, 0.15) is 5.82 Å². The van der Waals surface area contributed by atoms with Crippen LogP contribution in [0.25, 0.3) is 0 Å². The van der Waals surface area contributed by atoms with Gasteiger partial charge in [-0.15, -0.1) is 11.8 Å². The molecule has 0 aliphatic carbocycles. The molecule has 2 rings (SSSR count). The maximum absolute atomic E-state index is 12.7. The molecule has 0 aliphatic rings. The lowest BCUT2D eigenvalue weighted by atomic mass is 10.2. The van der Waals surface area contributed by atoms with Crippen molar-refractivity contribution in [1.82, 2.24) is 5.32 Å². The molecule has 2 aromatic carbocycles. The summed E-state index contributed by atoms with van der Waals surface area (Å²) in [5, 5.41) is 2.82. The molecule has 0 aromatic heterocycles. The first kappa shape index (κ1) is 16.0. The maximum atomic E-state index is 12.7. The molecule has 1 amide bonds. The van der Waals surface area contributed by atoms with E-state index >= 15 is 0 Å². The highest BCUT2D eigenvalue weighted by atomic mass is 79.9. The van der Waals surface area contributed by atoms with Crippen LogP contribution in [0.4, 0.5) is 4.39 Å². The first-order valence-corrected chi connectivity index (χ1v) is 8.41. The van der Waals surface area contributed by atoms with E-state index < -0.39 is 0 Å². The summed E-state index contributed by atoms with van der Waals surface area (Å²) < 4.78 is 13.8. The van der Waals surface area contributed by atoms with E-state index in [9.17, 15) is 9.18 Å². The van der Waals surface area contributed by atoms with Crippen molar-refractivity contribution < 1.29 is 9.18 Å². The SMILES string of the molecule is O=C(CSCc1cccc(Br)c1)NCc1ccc(F)cc1. The van der Waals surface area contributed by atoms with E-state index in [0.29, 0.717) is 12.3 Å². The summed E-state index contributed by atoms with van der Waals surface area (Å²) in [6.07, 6.45) is 0. The van der Waals surface area contributed by atoms with Crippen molar-refractivity contribution in [3.63, 3.8) is 0 Å². The van der Waals surface area contributed by atoms with Crippen LogP contribution >= 0.6 is 27.7 Å². The standard InChI is InChI=1S/C16H15BrFNOS/c17-14-3-1-2-13(8-14)10-21-11-16(20)19-9-12-4-6-15(18)7-5-12/h1-8H,9-11H2,(H,19,20). The van der Waals surface area contributed by atoms with Gasteiger partial charge in [0.25, 0.3) is 0 Å². The molecule has 0 saturated heterocycles. The monoisotopic (exact) mass is 367 g/mol. The van der Waals surface area contributed by atoms with Gasteiger partial charge in [-0.2, -0.15) is 0 Å². The minimum Gasteiger partial charge on any atom is -0.351 e. The van der Waals surface area contributed by atoms with Crippen molar-refractivity contribution in [3.8, 4) is 0 Å². The fourth-order valence-corrected chi connectivity index (χ4v) is 2.99. The first-order valence-electron chi connectivity index (χ1n) is 6.47. The van der Waals surface area contributed by atoms with Crippen molar-refractivity contribution in [2.75, 3.05) is 5.75 Å². The van der Waals surface area contributed by atoms with Gasteiger partial charge in [-0.3, -0.25) is 4.79 Å². The van der Waals surface area contributed by atoms with Gasteiger partial charge in [-0.1, -0.05) is 40.2 Å². The van der Waals surface area contributed by atoms with Crippen LogP contribution in [0.5, 0.6) is 0 Å². The van der Waals surface area contributed by atoms with E-state index in [2.05, 4.69) is 21.2 Å². The third-order valence-electron chi connectivity index (χ3n) is 2.79. The molecule has 0 spiro atoms. The first-order chi connectivity index (χ1) is 10.1. The average Bonchev–Trinajstić information content (AvgIpc) is 2.47. The summed E-state index contributed by atoms with van der Waals surface area (Å²) in [5.41, 5.74) is 2.07. The van der Waals surface area contributed by atoms with Gasteiger partial charge < -0.3 is 5.32 Å². The summed E-state index contributed by atoms with van der Waals surface area (Å²) in [4.78, 5) is 11.7. The molecular weight excluding hydrogens is 353 g/mol. The summed E-state index contributed by atoms with van der Waals surface area (Å²) in [7, 11) is 0. The Morgan fingerprint density at radius 1 is 1.14 bits per heavy atom. The Balaban J connectivity index is 1.69. The van der Waals surface area contributed by atoms with Gasteiger partial charge >= 0.3 is 0 Å². The Kier molecular flexibility index (Phi) is 6.26. The highest BCUT2D eigenvalue weighted by molar-refractivity contribution is 9.10. The van der Waals surface area contributed by atoms with Gasteiger partial charge in [0, 0.05) is 16.8 Å². The molecule has 0 bridgehead atoms. The summed E-state index contributed by atoms with van der Waals surface area (Å²) in [6.45, 7) is 0.427. The van der Waals surface area contributed by atoms with Crippen LogP contribution < -0.4 is 5.32 Å². The molecular formula is C16H15BrFNOS. The topological polar surface area (TPSA) is 29.1 Å². The van der Waals surface area contributed by atoms with Crippen LogP contribution in [0.15, 0.2) is 53.0 Å². The molecule has 5 heteroatoms. The quantitative estimate of drug-likeness (QED) is 0.831. The van der Waals surface area contributed by atoms with Crippen molar-refractivity contribution in [2.24, 2.45) is 0 Å². The highest BCUT2D eigenvalue weighted by Crippen LogP contribution is 2.16. The zero-order valence-corrected chi connectivity index (χ0v) is 13.7. The van der Waals surface area contributed by atoms with Crippen LogP contribution in [0.3, 0.4) is 0 Å². The number of benzene rings is 2. The normalized spacial score (nSPS) is 10.4. The summed E-state index contributed by atoms with van der Waals surface area (Å²) in [6, 6.07) is 14.2. The van der Waals surface area contributed by atoms with Crippen molar-refractivity contribution >= 4 is 33.6 Å². The van der Waals surface area contributed by atoms with Crippen LogP contribution in [0.2, 0.25) is 0 Å². The number of hydrogen-bond donors (Lipinski definition) is 1. The van der Waals surface area contributed by atoms with Crippen molar-refractivity contribution in [2.45, 2.75) is 12.3 Å².